The summed E-state index contributed by atoms with van der Waals surface area (Å²) in [4.78, 5) is 14.2. The molecule has 0 amide bonds. The van der Waals surface area contributed by atoms with Crippen LogP contribution in [-0.4, -0.2) is 32.8 Å². The first-order chi connectivity index (χ1) is 4.73. The first kappa shape index (κ1) is 17.9. The molecule has 0 heterocycles. The molecule has 62 valence electrons. The molecule has 0 aliphatic carbocycles. The quantitative estimate of drug-likeness (QED) is 0.373. The monoisotopic (exact) mass is 197 g/mol. The minimum atomic E-state index is -2.87. The predicted octanol–water partition coefficient (Wildman–Crippen LogP) is 1.18. The third-order valence-corrected chi connectivity index (χ3v) is 0.607. The molecule has 0 radical (unpaired) electrons. The fraction of sp³-hybridized carbons (Fsp3) is 0. The van der Waals surface area contributed by atoms with E-state index in [1.54, 1.807) is 0 Å². The minimum absolute atomic E-state index is 0. The van der Waals surface area contributed by atoms with Crippen molar-refractivity contribution < 1.29 is 14.4 Å². The Morgan fingerprint density at radius 2 is 1.42 bits per heavy atom. The standard InChI is InChI=1S/C6H5.CH3.Mg.HO3P/c1-2-4-6-5-3-1;;;1-4(2)3/h1-5H;1H3;;(H-,1,2,3)/q2*-1;+2;/p+1. The Labute approximate surface area is 89.5 Å². The van der Waals surface area contributed by atoms with Crippen LogP contribution in [0.1, 0.15) is 0 Å². The van der Waals surface area contributed by atoms with Crippen molar-refractivity contribution in [2.45, 2.75) is 0 Å². The van der Waals surface area contributed by atoms with Crippen molar-refractivity contribution in [2.75, 3.05) is 0 Å². The van der Waals surface area contributed by atoms with Crippen LogP contribution in [0.15, 0.2) is 30.3 Å². The van der Waals surface area contributed by atoms with Crippen molar-refractivity contribution in [3.8, 4) is 0 Å². The van der Waals surface area contributed by atoms with Crippen molar-refractivity contribution in [1.82, 2.24) is 0 Å². The molecule has 1 aromatic rings. The molecule has 0 aliphatic heterocycles. The normalized spacial score (nSPS) is 6.17. The van der Waals surface area contributed by atoms with Gasteiger partial charge in [0.2, 0.25) is 0 Å². The second kappa shape index (κ2) is 13.6. The summed E-state index contributed by atoms with van der Waals surface area (Å²) in [5, 5.41) is 0. The largest absolute Gasteiger partial charge is 2.00 e. The molecule has 0 saturated carbocycles. The topological polar surface area (TPSA) is 57.5 Å². The zero-order valence-electron chi connectivity index (χ0n) is 6.84. The Bertz CT molecular complexity index is 151. The van der Waals surface area contributed by atoms with E-state index >= 15 is 0 Å². The summed E-state index contributed by atoms with van der Waals surface area (Å²) in [5.41, 5.74) is 0. The van der Waals surface area contributed by atoms with Gasteiger partial charge in [0, 0.05) is 4.57 Å². The van der Waals surface area contributed by atoms with Crippen LogP contribution in [0.25, 0.3) is 0 Å². The van der Waals surface area contributed by atoms with Crippen LogP contribution >= 0.6 is 8.25 Å². The van der Waals surface area contributed by atoms with Gasteiger partial charge < -0.3 is 7.43 Å². The number of hydrogen-bond acceptors (Lipinski definition) is 1. The molecular weight excluding hydrogens is 187 g/mol. The molecule has 1 rings (SSSR count). The van der Waals surface area contributed by atoms with Crippen LogP contribution in [0.4, 0.5) is 0 Å². The Morgan fingerprint density at radius 3 is 1.50 bits per heavy atom. The second-order valence-electron chi connectivity index (χ2n) is 1.33. The number of hydrogen-bond donors (Lipinski definition) is 2. The van der Waals surface area contributed by atoms with Gasteiger partial charge >= 0.3 is 31.3 Å². The third-order valence-electron chi connectivity index (χ3n) is 0.607. The van der Waals surface area contributed by atoms with Crippen LogP contribution < -0.4 is 0 Å². The van der Waals surface area contributed by atoms with Gasteiger partial charge in [-0.3, -0.25) is 0 Å². The zero-order chi connectivity index (χ0) is 7.82. The van der Waals surface area contributed by atoms with Gasteiger partial charge in [0.25, 0.3) is 0 Å². The summed E-state index contributed by atoms with van der Waals surface area (Å²) < 4.78 is 8.70. The van der Waals surface area contributed by atoms with Gasteiger partial charge in [0.15, 0.2) is 0 Å². The second-order valence-corrected chi connectivity index (χ2v) is 1.84. The zero-order valence-corrected chi connectivity index (χ0v) is 9.15. The van der Waals surface area contributed by atoms with Crippen molar-refractivity contribution >= 4 is 31.3 Å². The number of rotatable bonds is 0. The molecule has 12 heavy (non-hydrogen) atoms. The maximum atomic E-state index is 8.70. The van der Waals surface area contributed by atoms with Gasteiger partial charge in [-0.05, 0) is 0 Å². The Hall–Kier alpha value is 0.00623. The fourth-order valence-electron chi connectivity index (χ4n) is 0.342. The molecule has 1 aromatic carbocycles. The van der Waals surface area contributed by atoms with E-state index in [1.807, 2.05) is 30.3 Å². The van der Waals surface area contributed by atoms with E-state index in [-0.39, 0.29) is 30.5 Å². The molecule has 0 unspecified atom stereocenters. The summed E-state index contributed by atoms with van der Waals surface area (Å²) >= 11 is 0. The van der Waals surface area contributed by atoms with Crippen molar-refractivity contribution in [3.63, 3.8) is 0 Å². The van der Waals surface area contributed by atoms with Crippen LogP contribution in [0.3, 0.4) is 0 Å². The molecular formula is C7H10MgO3P+. The van der Waals surface area contributed by atoms with E-state index in [0.29, 0.717) is 0 Å². The van der Waals surface area contributed by atoms with Crippen LogP contribution in [-0.2, 0) is 4.57 Å². The van der Waals surface area contributed by atoms with Crippen molar-refractivity contribution in [2.24, 2.45) is 0 Å². The van der Waals surface area contributed by atoms with Gasteiger partial charge in [-0.1, -0.05) is 0 Å². The molecule has 0 bridgehead atoms. The molecule has 0 spiro atoms. The van der Waals surface area contributed by atoms with E-state index in [2.05, 4.69) is 6.07 Å². The molecule has 0 saturated heterocycles. The predicted molar refractivity (Wildman–Crippen MR) is 49.5 cm³/mol. The minimum Gasteiger partial charge on any atom is -0.358 e. The average Bonchev–Trinajstić information content (AvgIpc) is 1.90. The van der Waals surface area contributed by atoms with E-state index in [9.17, 15) is 0 Å². The maximum absolute atomic E-state index is 8.70. The third kappa shape index (κ3) is 22.5. The van der Waals surface area contributed by atoms with Crippen LogP contribution in [0.2, 0.25) is 0 Å². The van der Waals surface area contributed by atoms with Crippen molar-refractivity contribution in [3.05, 3.63) is 43.8 Å². The Morgan fingerprint density at radius 1 is 1.08 bits per heavy atom. The average molecular weight is 197 g/mol. The first-order valence-corrected chi connectivity index (χ1v) is 3.66. The summed E-state index contributed by atoms with van der Waals surface area (Å²) in [5.74, 6) is 0. The smallest absolute Gasteiger partial charge is 0.358 e. The van der Waals surface area contributed by atoms with Gasteiger partial charge in [-0.2, -0.15) is 36.4 Å². The molecule has 3 nitrogen and oxygen atoms in total. The molecule has 2 N–H and O–H groups in total. The van der Waals surface area contributed by atoms with Gasteiger partial charge in [0.05, 0.1) is 0 Å². The van der Waals surface area contributed by atoms with E-state index in [4.69, 9.17) is 14.4 Å². The van der Waals surface area contributed by atoms with Gasteiger partial charge in [0.1, 0.15) is 0 Å². The molecule has 0 aromatic heterocycles. The van der Waals surface area contributed by atoms with Crippen LogP contribution in [0, 0.1) is 13.5 Å². The van der Waals surface area contributed by atoms with Gasteiger partial charge in [-0.25, -0.2) is 0 Å². The molecule has 0 atom stereocenters. The Balaban J connectivity index is -0.000000124. The SMILES string of the molecule is O=[P+](O)O.[CH3-].[Mg+2].[c-]1ccccc1. The summed E-state index contributed by atoms with van der Waals surface area (Å²) in [6.45, 7) is 0. The van der Waals surface area contributed by atoms with E-state index < -0.39 is 8.25 Å². The maximum Gasteiger partial charge on any atom is 2.00 e. The van der Waals surface area contributed by atoms with Crippen LogP contribution in [0.5, 0.6) is 0 Å². The summed E-state index contributed by atoms with van der Waals surface area (Å²) in [7, 11) is -2.87. The Kier molecular flexibility index (Phi) is 20.3. The summed E-state index contributed by atoms with van der Waals surface area (Å²) in [6.07, 6.45) is 0. The summed E-state index contributed by atoms with van der Waals surface area (Å²) in [6, 6.07) is 12.5. The number of benzene rings is 1. The van der Waals surface area contributed by atoms with E-state index in [0.717, 1.165) is 0 Å². The first-order valence-electron chi connectivity index (χ1n) is 2.49. The fourth-order valence-corrected chi connectivity index (χ4v) is 0.342. The molecule has 0 fully saturated rings. The molecule has 5 heteroatoms. The van der Waals surface area contributed by atoms with E-state index in [1.165, 1.54) is 0 Å². The van der Waals surface area contributed by atoms with Crippen molar-refractivity contribution in [1.29, 1.82) is 0 Å². The van der Waals surface area contributed by atoms with Gasteiger partial charge in [-0.15, -0.1) is 9.79 Å². The molecule has 0 aliphatic rings.